The van der Waals surface area contributed by atoms with Crippen LogP contribution < -0.4 is 14.8 Å². The van der Waals surface area contributed by atoms with Crippen molar-refractivity contribution >= 4 is 11.9 Å². The Morgan fingerprint density at radius 1 is 1.06 bits per heavy atom. The molecule has 6 atom stereocenters. The van der Waals surface area contributed by atoms with Gasteiger partial charge in [-0.05, 0) is 23.8 Å². The number of rotatable bonds is 2. The van der Waals surface area contributed by atoms with Crippen molar-refractivity contribution in [2.75, 3.05) is 6.79 Å². The van der Waals surface area contributed by atoms with E-state index in [0.717, 1.165) is 0 Å². The van der Waals surface area contributed by atoms with Gasteiger partial charge in [0, 0.05) is 5.92 Å². The molecule has 10 heteroatoms. The van der Waals surface area contributed by atoms with E-state index in [1.54, 1.807) is 18.2 Å². The highest BCUT2D eigenvalue weighted by molar-refractivity contribution is 6.01. The molecule has 1 aliphatic carbocycles. The topological polar surface area (TPSA) is 155 Å². The largest absolute Gasteiger partial charge is 0.504 e. The average molecular weight is 429 g/mol. The van der Waals surface area contributed by atoms with Crippen LogP contribution in [0.1, 0.15) is 32.2 Å². The number of ether oxygens (including phenoxy) is 3. The van der Waals surface area contributed by atoms with E-state index in [1.807, 2.05) is 0 Å². The molecule has 2 aromatic rings. The highest BCUT2D eigenvalue weighted by Gasteiger charge is 2.55. The van der Waals surface area contributed by atoms with E-state index in [4.69, 9.17) is 14.2 Å². The standard InChI is InChI=1S/C21H19NO9/c23-14-12-9(6-10-18(14)30-7-29-10)11-13(22-20(12)27)15(24)16(25)17(26)19(11)31-21(28)8-4-2-1-3-5-8/h1-6,11,13,15-17,19,23-26H,7H2,(H,22,27)/t11-,13-,15+,16+,17-,19?/m1/s1. The van der Waals surface area contributed by atoms with Crippen molar-refractivity contribution in [3.05, 3.63) is 53.1 Å². The molecular weight excluding hydrogens is 410 g/mol. The van der Waals surface area contributed by atoms with Crippen LogP contribution in [0.5, 0.6) is 17.2 Å². The third kappa shape index (κ3) is 2.91. The van der Waals surface area contributed by atoms with Gasteiger partial charge in [0.25, 0.3) is 5.91 Å². The Balaban J connectivity index is 1.61. The first-order chi connectivity index (χ1) is 14.9. The third-order valence-electron chi connectivity index (χ3n) is 5.95. The molecule has 1 saturated carbocycles. The van der Waals surface area contributed by atoms with Crippen LogP contribution in [0.2, 0.25) is 0 Å². The van der Waals surface area contributed by atoms with E-state index in [1.165, 1.54) is 18.2 Å². The molecule has 0 saturated heterocycles. The Kier molecular flexibility index (Phi) is 4.50. The number of esters is 1. The lowest BCUT2D eigenvalue weighted by Crippen LogP contribution is -2.67. The fourth-order valence-electron chi connectivity index (χ4n) is 4.46. The molecule has 1 fully saturated rings. The molecule has 5 N–H and O–H groups in total. The van der Waals surface area contributed by atoms with Crippen LogP contribution in [-0.4, -0.2) is 69.6 Å². The van der Waals surface area contributed by atoms with E-state index >= 15 is 0 Å². The van der Waals surface area contributed by atoms with E-state index in [-0.39, 0.29) is 35.0 Å². The van der Waals surface area contributed by atoms with Gasteiger partial charge in [0.05, 0.1) is 17.2 Å². The number of carbonyl (C=O) groups is 2. The zero-order chi connectivity index (χ0) is 21.9. The molecule has 162 valence electrons. The molecule has 31 heavy (non-hydrogen) atoms. The number of fused-ring (bicyclic) bond motifs is 4. The average Bonchev–Trinajstić information content (AvgIpc) is 3.25. The van der Waals surface area contributed by atoms with Gasteiger partial charge in [0.15, 0.2) is 11.5 Å². The Bertz CT molecular complexity index is 1060. The second kappa shape index (κ2) is 7.12. The predicted octanol–water partition coefficient (Wildman–Crippen LogP) is -0.362. The molecule has 2 heterocycles. The van der Waals surface area contributed by atoms with E-state index in [2.05, 4.69) is 5.32 Å². The smallest absolute Gasteiger partial charge is 0.338 e. The van der Waals surface area contributed by atoms with Gasteiger partial charge in [-0.1, -0.05) is 18.2 Å². The van der Waals surface area contributed by atoms with Crippen LogP contribution in [0, 0.1) is 0 Å². The highest BCUT2D eigenvalue weighted by Crippen LogP contribution is 2.50. The lowest BCUT2D eigenvalue weighted by Gasteiger charge is -2.48. The molecule has 0 bridgehead atoms. The number of aromatic hydroxyl groups is 1. The molecule has 2 aliphatic heterocycles. The minimum absolute atomic E-state index is 0.00196. The Morgan fingerprint density at radius 2 is 1.81 bits per heavy atom. The quantitative estimate of drug-likeness (QED) is 0.403. The summed E-state index contributed by atoms with van der Waals surface area (Å²) in [5.41, 5.74) is 0.286. The number of carbonyl (C=O) groups excluding carboxylic acids is 2. The molecule has 2 aromatic carbocycles. The van der Waals surface area contributed by atoms with Crippen molar-refractivity contribution in [1.82, 2.24) is 5.32 Å². The molecule has 5 rings (SSSR count). The number of hydrogen-bond donors (Lipinski definition) is 5. The number of amides is 1. The lowest BCUT2D eigenvalue weighted by atomic mass is 9.70. The van der Waals surface area contributed by atoms with Gasteiger partial charge in [-0.3, -0.25) is 4.79 Å². The predicted molar refractivity (Wildman–Crippen MR) is 102 cm³/mol. The van der Waals surface area contributed by atoms with Crippen LogP contribution in [0.25, 0.3) is 0 Å². The Hall–Kier alpha value is -3.34. The number of nitrogens with one attached hydrogen (secondary N) is 1. The minimum atomic E-state index is -1.68. The van der Waals surface area contributed by atoms with E-state index < -0.39 is 54.0 Å². The van der Waals surface area contributed by atoms with Gasteiger partial charge in [-0.25, -0.2) is 4.79 Å². The first kappa shape index (κ1) is 19.6. The fourth-order valence-corrected chi connectivity index (χ4v) is 4.46. The molecule has 0 spiro atoms. The zero-order valence-corrected chi connectivity index (χ0v) is 16.0. The van der Waals surface area contributed by atoms with Crippen molar-refractivity contribution < 1.29 is 44.2 Å². The molecule has 3 aliphatic rings. The number of benzene rings is 2. The summed E-state index contributed by atoms with van der Waals surface area (Å²) >= 11 is 0. The summed E-state index contributed by atoms with van der Waals surface area (Å²) < 4.78 is 16.1. The highest BCUT2D eigenvalue weighted by atomic mass is 16.7. The Labute approximate surface area is 175 Å². The van der Waals surface area contributed by atoms with Crippen molar-refractivity contribution in [3.63, 3.8) is 0 Å². The maximum atomic E-state index is 12.7. The number of hydrogen-bond acceptors (Lipinski definition) is 9. The molecule has 0 aromatic heterocycles. The van der Waals surface area contributed by atoms with Crippen molar-refractivity contribution in [3.8, 4) is 17.2 Å². The molecule has 10 nitrogen and oxygen atoms in total. The number of phenolic OH excluding ortho intramolecular Hbond substituents is 1. The summed E-state index contributed by atoms with van der Waals surface area (Å²) in [7, 11) is 0. The van der Waals surface area contributed by atoms with Crippen LogP contribution in [0.4, 0.5) is 0 Å². The summed E-state index contributed by atoms with van der Waals surface area (Å²) in [4.78, 5) is 25.4. The number of phenols is 1. The van der Waals surface area contributed by atoms with Crippen molar-refractivity contribution in [2.24, 2.45) is 0 Å². The molecular formula is C21H19NO9. The maximum absolute atomic E-state index is 12.7. The van der Waals surface area contributed by atoms with Gasteiger partial charge < -0.3 is 40.0 Å². The lowest BCUT2D eigenvalue weighted by molar-refractivity contribution is -0.157. The monoisotopic (exact) mass is 429 g/mol. The van der Waals surface area contributed by atoms with Crippen LogP contribution in [-0.2, 0) is 4.74 Å². The summed E-state index contributed by atoms with van der Waals surface area (Å²) in [6.07, 6.45) is -6.22. The van der Waals surface area contributed by atoms with Crippen molar-refractivity contribution in [1.29, 1.82) is 0 Å². The summed E-state index contributed by atoms with van der Waals surface area (Å²) in [6, 6.07) is 8.43. The second-order valence-electron chi connectivity index (χ2n) is 7.66. The zero-order valence-electron chi connectivity index (χ0n) is 16.0. The van der Waals surface area contributed by atoms with Gasteiger partial charge in [-0.15, -0.1) is 0 Å². The van der Waals surface area contributed by atoms with Crippen LogP contribution in [0.15, 0.2) is 36.4 Å². The van der Waals surface area contributed by atoms with E-state index in [0.29, 0.717) is 0 Å². The van der Waals surface area contributed by atoms with E-state index in [9.17, 15) is 30.0 Å². The molecule has 1 amide bonds. The second-order valence-corrected chi connectivity index (χ2v) is 7.66. The maximum Gasteiger partial charge on any atom is 0.338 e. The van der Waals surface area contributed by atoms with Gasteiger partial charge in [0.2, 0.25) is 12.5 Å². The Morgan fingerprint density at radius 3 is 2.55 bits per heavy atom. The fraction of sp³-hybridized carbons (Fsp3) is 0.333. The summed E-state index contributed by atoms with van der Waals surface area (Å²) in [6.45, 7) is -0.155. The van der Waals surface area contributed by atoms with Crippen LogP contribution in [0.3, 0.4) is 0 Å². The van der Waals surface area contributed by atoms with Crippen LogP contribution >= 0.6 is 0 Å². The summed E-state index contributed by atoms with van der Waals surface area (Å²) in [5.74, 6) is -2.72. The normalized spacial score (nSPS) is 30.7. The van der Waals surface area contributed by atoms with Gasteiger partial charge >= 0.3 is 5.97 Å². The molecule has 0 radical (unpaired) electrons. The number of aliphatic hydroxyl groups is 3. The number of aliphatic hydroxyl groups excluding tert-OH is 3. The van der Waals surface area contributed by atoms with Gasteiger partial charge in [-0.2, -0.15) is 0 Å². The first-order valence-corrected chi connectivity index (χ1v) is 9.65. The van der Waals surface area contributed by atoms with Crippen molar-refractivity contribution in [2.45, 2.75) is 36.4 Å². The SMILES string of the molecule is O=C(OC1[C@H](O)[C@@H](O)[C@@H](O)[C@@H]2NC(=O)c3c(cc4c(c3O)OCO4)[C@@H]12)c1ccccc1. The minimum Gasteiger partial charge on any atom is -0.504 e. The summed E-state index contributed by atoms with van der Waals surface area (Å²) in [5, 5.41) is 44.7. The first-order valence-electron chi connectivity index (χ1n) is 9.65. The molecule has 1 unspecified atom stereocenters. The van der Waals surface area contributed by atoms with Gasteiger partial charge in [0.1, 0.15) is 24.4 Å². The third-order valence-corrected chi connectivity index (χ3v) is 5.95.